The standard InChI is InChI=1S/C39H35N3O4S/c1-3-46-34-24-22-29(23-25-34)26-36(41-37(43)30-14-7-4-8-15-30)38(44)40-31-16-13-21-35(27-31)47-28(2)39(45)42(32-17-9-5-10-18-32)33-19-11-6-12-20-33/h4-28H,3H2,1-2H3,(H,40,44)(H,41,43)/b36-26+. The fraction of sp³-hybridized carbons (Fsp3) is 0.103. The normalized spacial score (nSPS) is 11.7. The van der Waals surface area contributed by atoms with Gasteiger partial charge >= 0.3 is 0 Å². The Morgan fingerprint density at radius 3 is 1.96 bits per heavy atom. The third kappa shape index (κ3) is 8.99. The Labute approximate surface area is 279 Å². The van der Waals surface area contributed by atoms with Gasteiger partial charge in [-0.1, -0.05) is 72.8 Å². The fourth-order valence-electron chi connectivity index (χ4n) is 4.78. The number of hydrogen-bond donors (Lipinski definition) is 2. The first-order chi connectivity index (χ1) is 22.9. The molecule has 0 saturated heterocycles. The van der Waals surface area contributed by atoms with Crippen LogP contribution in [0.25, 0.3) is 6.08 Å². The number of anilines is 3. The second kappa shape index (κ2) is 16.1. The first-order valence-electron chi connectivity index (χ1n) is 15.2. The highest BCUT2D eigenvalue weighted by Crippen LogP contribution is 2.32. The Hall–Kier alpha value is -5.60. The molecule has 1 atom stereocenters. The number of thioether (sulfide) groups is 1. The Balaban J connectivity index is 1.34. The summed E-state index contributed by atoms with van der Waals surface area (Å²) in [5.74, 6) is -0.266. The molecule has 0 aliphatic rings. The summed E-state index contributed by atoms with van der Waals surface area (Å²) in [6.07, 6.45) is 1.62. The Morgan fingerprint density at radius 2 is 1.36 bits per heavy atom. The first-order valence-corrected chi connectivity index (χ1v) is 16.1. The lowest BCUT2D eigenvalue weighted by atomic mass is 10.1. The van der Waals surface area contributed by atoms with Gasteiger partial charge in [-0.05, 0) is 92.2 Å². The molecule has 0 aliphatic heterocycles. The maximum Gasteiger partial charge on any atom is 0.272 e. The minimum Gasteiger partial charge on any atom is -0.494 e. The van der Waals surface area contributed by atoms with Crippen LogP contribution in [0, 0.1) is 0 Å². The molecule has 5 aromatic rings. The molecule has 5 aromatic carbocycles. The van der Waals surface area contributed by atoms with Crippen LogP contribution in [0.3, 0.4) is 0 Å². The molecule has 8 heteroatoms. The van der Waals surface area contributed by atoms with Gasteiger partial charge in [0.2, 0.25) is 5.91 Å². The van der Waals surface area contributed by atoms with Crippen LogP contribution in [0.2, 0.25) is 0 Å². The maximum absolute atomic E-state index is 13.8. The number of benzene rings is 5. The van der Waals surface area contributed by atoms with Crippen LogP contribution in [0.5, 0.6) is 5.75 Å². The highest BCUT2D eigenvalue weighted by Gasteiger charge is 2.24. The van der Waals surface area contributed by atoms with Crippen LogP contribution in [0.4, 0.5) is 17.1 Å². The lowest BCUT2D eigenvalue weighted by Crippen LogP contribution is -2.32. The molecule has 3 amide bonds. The molecule has 0 spiro atoms. The van der Waals surface area contributed by atoms with Gasteiger partial charge in [-0.15, -0.1) is 11.8 Å². The minimum atomic E-state index is -0.492. The van der Waals surface area contributed by atoms with E-state index in [2.05, 4.69) is 10.6 Å². The predicted octanol–water partition coefficient (Wildman–Crippen LogP) is 8.34. The van der Waals surface area contributed by atoms with Crippen molar-refractivity contribution in [2.45, 2.75) is 24.0 Å². The van der Waals surface area contributed by atoms with Gasteiger partial charge in [0.1, 0.15) is 11.4 Å². The molecule has 0 saturated carbocycles. The van der Waals surface area contributed by atoms with Gasteiger partial charge in [-0.2, -0.15) is 0 Å². The summed E-state index contributed by atoms with van der Waals surface area (Å²) in [7, 11) is 0. The van der Waals surface area contributed by atoms with E-state index in [1.807, 2.05) is 123 Å². The molecule has 0 radical (unpaired) electrons. The van der Waals surface area contributed by atoms with Crippen LogP contribution in [0.15, 0.2) is 150 Å². The zero-order chi connectivity index (χ0) is 33.0. The van der Waals surface area contributed by atoms with Crippen molar-refractivity contribution in [3.63, 3.8) is 0 Å². The molecule has 7 nitrogen and oxygen atoms in total. The summed E-state index contributed by atoms with van der Waals surface area (Å²) < 4.78 is 5.53. The van der Waals surface area contributed by atoms with Crippen molar-refractivity contribution in [3.05, 3.63) is 156 Å². The van der Waals surface area contributed by atoms with Crippen molar-refractivity contribution >= 4 is 52.6 Å². The summed E-state index contributed by atoms with van der Waals surface area (Å²) in [5.41, 5.74) is 3.29. The number of nitrogens with one attached hydrogen (secondary N) is 2. The molecule has 0 aliphatic carbocycles. The van der Waals surface area contributed by atoms with Gasteiger partial charge in [0, 0.05) is 27.5 Å². The van der Waals surface area contributed by atoms with Crippen molar-refractivity contribution in [1.82, 2.24) is 5.32 Å². The van der Waals surface area contributed by atoms with Crippen molar-refractivity contribution in [2.75, 3.05) is 16.8 Å². The lowest BCUT2D eigenvalue weighted by molar-refractivity contribution is -0.117. The average molecular weight is 642 g/mol. The SMILES string of the molecule is CCOc1ccc(/C=C(/NC(=O)c2ccccc2)C(=O)Nc2cccc(SC(C)C(=O)N(c3ccccc3)c3ccccc3)c2)cc1. The third-order valence-electron chi connectivity index (χ3n) is 7.03. The molecule has 5 rings (SSSR count). The summed E-state index contributed by atoms with van der Waals surface area (Å²) in [6, 6.07) is 42.4. The molecule has 0 fully saturated rings. The van der Waals surface area contributed by atoms with E-state index in [1.54, 1.807) is 41.3 Å². The van der Waals surface area contributed by atoms with Gasteiger partial charge in [0.15, 0.2) is 0 Å². The summed E-state index contributed by atoms with van der Waals surface area (Å²) in [4.78, 5) is 43.0. The van der Waals surface area contributed by atoms with Gasteiger partial charge in [0.25, 0.3) is 11.8 Å². The monoisotopic (exact) mass is 641 g/mol. The zero-order valence-corrected chi connectivity index (χ0v) is 26.9. The number of para-hydroxylation sites is 2. The van der Waals surface area contributed by atoms with E-state index in [9.17, 15) is 14.4 Å². The Morgan fingerprint density at radius 1 is 0.766 bits per heavy atom. The molecule has 2 N–H and O–H groups in total. The topological polar surface area (TPSA) is 87.7 Å². The second-order valence-corrected chi connectivity index (χ2v) is 11.9. The van der Waals surface area contributed by atoms with E-state index in [0.717, 1.165) is 16.3 Å². The number of amides is 3. The number of nitrogens with zero attached hydrogens (tertiary/aromatic N) is 1. The molecule has 0 aromatic heterocycles. The minimum absolute atomic E-state index is 0.0750. The predicted molar refractivity (Wildman–Crippen MR) is 190 cm³/mol. The van der Waals surface area contributed by atoms with Gasteiger partial charge < -0.3 is 15.4 Å². The van der Waals surface area contributed by atoms with E-state index < -0.39 is 17.1 Å². The number of rotatable bonds is 12. The number of ether oxygens (including phenoxy) is 1. The first kappa shape index (κ1) is 32.8. The van der Waals surface area contributed by atoms with Crippen LogP contribution < -0.4 is 20.3 Å². The highest BCUT2D eigenvalue weighted by molar-refractivity contribution is 8.00. The lowest BCUT2D eigenvalue weighted by Gasteiger charge is -2.26. The van der Waals surface area contributed by atoms with Crippen LogP contribution in [-0.2, 0) is 9.59 Å². The summed E-state index contributed by atoms with van der Waals surface area (Å²) >= 11 is 1.40. The quantitative estimate of drug-likeness (QED) is 0.106. The molecule has 0 heterocycles. The summed E-state index contributed by atoms with van der Waals surface area (Å²) in [6.45, 7) is 4.32. The largest absolute Gasteiger partial charge is 0.494 e. The van der Waals surface area contributed by atoms with Gasteiger partial charge in [-0.3, -0.25) is 19.3 Å². The van der Waals surface area contributed by atoms with E-state index in [4.69, 9.17) is 4.74 Å². The van der Waals surface area contributed by atoms with E-state index >= 15 is 0 Å². The molecular formula is C39H35N3O4S. The Bertz CT molecular complexity index is 1790. The fourth-order valence-corrected chi connectivity index (χ4v) is 5.74. The van der Waals surface area contributed by atoms with Crippen molar-refractivity contribution in [1.29, 1.82) is 0 Å². The van der Waals surface area contributed by atoms with Crippen molar-refractivity contribution in [3.8, 4) is 5.75 Å². The van der Waals surface area contributed by atoms with Gasteiger partial charge in [0.05, 0.1) is 11.9 Å². The smallest absolute Gasteiger partial charge is 0.272 e. The second-order valence-electron chi connectivity index (χ2n) is 10.5. The highest BCUT2D eigenvalue weighted by atomic mass is 32.2. The summed E-state index contributed by atoms with van der Waals surface area (Å²) in [5, 5.41) is 5.24. The molecule has 1 unspecified atom stereocenters. The zero-order valence-electron chi connectivity index (χ0n) is 26.1. The number of carbonyl (C=O) groups is 3. The van der Waals surface area contributed by atoms with E-state index in [1.165, 1.54) is 11.8 Å². The molecule has 236 valence electrons. The van der Waals surface area contributed by atoms with Crippen LogP contribution in [-0.4, -0.2) is 29.6 Å². The number of carbonyl (C=O) groups excluding carboxylic acids is 3. The molecule has 47 heavy (non-hydrogen) atoms. The molecule has 0 bridgehead atoms. The Kier molecular flexibility index (Phi) is 11.2. The average Bonchev–Trinajstić information content (AvgIpc) is 3.10. The van der Waals surface area contributed by atoms with Crippen LogP contribution in [0.1, 0.15) is 29.8 Å². The number of hydrogen-bond acceptors (Lipinski definition) is 5. The van der Waals surface area contributed by atoms with Crippen molar-refractivity contribution in [2.24, 2.45) is 0 Å². The maximum atomic E-state index is 13.8. The molecular weight excluding hydrogens is 607 g/mol. The van der Waals surface area contributed by atoms with E-state index in [0.29, 0.717) is 29.2 Å². The van der Waals surface area contributed by atoms with Crippen LogP contribution >= 0.6 is 11.8 Å². The third-order valence-corrected chi connectivity index (χ3v) is 8.11. The van der Waals surface area contributed by atoms with Crippen molar-refractivity contribution < 1.29 is 19.1 Å². The van der Waals surface area contributed by atoms with E-state index in [-0.39, 0.29) is 11.6 Å². The van der Waals surface area contributed by atoms with Gasteiger partial charge in [-0.25, -0.2) is 0 Å².